The number of rotatable bonds is 6. The molecule has 4 atom stereocenters. The zero-order valence-electron chi connectivity index (χ0n) is 11.7. The number of piperazine rings is 1. The van der Waals surface area contributed by atoms with Gasteiger partial charge in [0.05, 0.1) is 0 Å². The average molecular weight is 260 g/mol. The summed E-state index contributed by atoms with van der Waals surface area (Å²) in [4.78, 5) is 2.59. The van der Waals surface area contributed by atoms with E-state index < -0.39 is 10.8 Å². The van der Waals surface area contributed by atoms with E-state index in [1.54, 1.807) is 0 Å². The minimum absolute atomic E-state index is 0.322. The van der Waals surface area contributed by atoms with E-state index in [1.165, 1.54) is 12.8 Å². The van der Waals surface area contributed by atoms with Crippen molar-refractivity contribution in [2.75, 3.05) is 25.9 Å². The van der Waals surface area contributed by atoms with Crippen molar-refractivity contribution >= 4 is 10.8 Å². The second-order valence-electron chi connectivity index (χ2n) is 5.17. The van der Waals surface area contributed by atoms with E-state index in [2.05, 4.69) is 31.0 Å². The van der Waals surface area contributed by atoms with Crippen LogP contribution in [0.3, 0.4) is 0 Å². The Morgan fingerprint density at radius 2 is 2.12 bits per heavy atom. The van der Waals surface area contributed by atoms with Gasteiger partial charge >= 0.3 is 0 Å². The Labute approximate surface area is 109 Å². The van der Waals surface area contributed by atoms with Crippen LogP contribution in [0.5, 0.6) is 0 Å². The van der Waals surface area contributed by atoms with Crippen LogP contribution in [-0.2, 0) is 10.8 Å². The quantitative estimate of drug-likeness (QED) is 0.787. The summed E-state index contributed by atoms with van der Waals surface area (Å²) >= 11 is 0. The first-order valence-electron chi connectivity index (χ1n) is 6.88. The van der Waals surface area contributed by atoms with Gasteiger partial charge in [0.15, 0.2) is 0 Å². The molecule has 102 valence electrons. The van der Waals surface area contributed by atoms with Crippen LogP contribution in [0.2, 0.25) is 0 Å². The zero-order valence-corrected chi connectivity index (χ0v) is 12.6. The lowest BCUT2D eigenvalue weighted by Crippen LogP contribution is -2.56. The van der Waals surface area contributed by atoms with Crippen LogP contribution in [0.1, 0.15) is 40.0 Å². The van der Waals surface area contributed by atoms with Crippen molar-refractivity contribution < 1.29 is 4.21 Å². The predicted molar refractivity (Wildman–Crippen MR) is 75.9 cm³/mol. The number of hydrogen-bond acceptors (Lipinski definition) is 3. The molecule has 1 saturated heterocycles. The highest BCUT2D eigenvalue weighted by Crippen LogP contribution is 2.13. The lowest BCUT2D eigenvalue weighted by Gasteiger charge is -2.40. The summed E-state index contributed by atoms with van der Waals surface area (Å²) in [6.07, 6.45) is 5.26. The van der Waals surface area contributed by atoms with Crippen molar-refractivity contribution in [2.45, 2.75) is 57.4 Å². The molecule has 4 heteroatoms. The second-order valence-corrected chi connectivity index (χ2v) is 6.97. The number of nitrogens with zero attached hydrogens (tertiary/aromatic N) is 1. The molecule has 0 spiro atoms. The third-order valence-electron chi connectivity index (χ3n) is 3.97. The van der Waals surface area contributed by atoms with Crippen LogP contribution in [0, 0.1) is 0 Å². The van der Waals surface area contributed by atoms with Gasteiger partial charge in [-0.25, -0.2) is 0 Å². The lowest BCUT2D eigenvalue weighted by atomic mass is 10.0. The minimum atomic E-state index is -0.681. The first-order chi connectivity index (χ1) is 8.08. The molecule has 0 bridgehead atoms. The van der Waals surface area contributed by atoms with Crippen molar-refractivity contribution in [2.24, 2.45) is 0 Å². The van der Waals surface area contributed by atoms with Gasteiger partial charge in [0.1, 0.15) is 0 Å². The maximum atomic E-state index is 11.4. The van der Waals surface area contributed by atoms with E-state index in [0.717, 1.165) is 26.1 Å². The van der Waals surface area contributed by atoms with E-state index in [0.29, 0.717) is 17.3 Å². The predicted octanol–water partition coefficient (Wildman–Crippen LogP) is 1.61. The molecule has 0 aromatic rings. The molecule has 0 radical (unpaired) electrons. The topological polar surface area (TPSA) is 32.3 Å². The monoisotopic (exact) mass is 260 g/mol. The van der Waals surface area contributed by atoms with Gasteiger partial charge in [0.25, 0.3) is 0 Å². The molecule has 0 saturated carbocycles. The standard InChI is InChI=1S/C13H28N2OS/c1-5-12-10-15(13(6-2)9-14-12)8-7-11(3)17(4)16/h11-14H,5-10H2,1-4H3. The van der Waals surface area contributed by atoms with Crippen molar-refractivity contribution in [3.05, 3.63) is 0 Å². The van der Waals surface area contributed by atoms with Gasteiger partial charge in [-0.15, -0.1) is 0 Å². The molecule has 1 N–H and O–H groups in total. The molecule has 0 aliphatic carbocycles. The van der Waals surface area contributed by atoms with Crippen molar-refractivity contribution in [3.63, 3.8) is 0 Å². The van der Waals surface area contributed by atoms with Crippen LogP contribution < -0.4 is 5.32 Å². The zero-order chi connectivity index (χ0) is 12.8. The van der Waals surface area contributed by atoms with Gasteiger partial charge in [-0.05, 0) is 25.8 Å². The molecule has 1 heterocycles. The molecule has 3 nitrogen and oxygen atoms in total. The molecule has 1 aliphatic rings. The van der Waals surface area contributed by atoms with Gasteiger partial charge in [-0.3, -0.25) is 9.11 Å². The van der Waals surface area contributed by atoms with Gasteiger partial charge < -0.3 is 5.32 Å². The van der Waals surface area contributed by atoms with E-state index in [9.17, 15) is 4.21 Å². The Morgan fingerprint density at radius 1 is 1.41 bits per heavy atom. The molecule has 4 unspecified atom stereocenters. The molecule has 0 aromatic carbocycles. The van der Waals surface area contributed by atoms with Gasteiger partial charge in [0.2, 0.25) is 0 Å². The fraction of sp³-hybridized carbons (Fsp3) is 1.00. The second kappa shape index (κ2) is 7.49. The summed E-state index contributed by atoms with van der Waals surface area (Å²) in [6.45, 7) is 9.95. The average Bonchev–Trinajstić information content (AvgIpc) is 2.35. The van der Waals surface area contributed by atoms with Crippen LogP contribution in [0.4, 0.5) is 0 Å². The molecule has 1 rings (SSSR count). The summed E-state index contributed by atoms with van der Waals surface area (Å²) in [7, 11) is -0.681. The maximum Gasteiger partial charge on any atom is 0.0329 e. The molecular formula is C13H28N2OS. The molecular weight excluding hydrogens is 232 g/mol. The summed E-state index contributed by atoms with van der Waals surface area (Å²) in [5, 5.41) is 3.93. The molecule has 0 aromatic heterocycles. The highest BCUT2D eigenvalue weighted by Gasteiger charge is 2.25. The Kier molecular flexibility index (Phi) is 6.67. The fourth-order valence-electron chi connectivity index (χ4n) is 2.39. The molecule has 1 aliphatic heterocycles. The lowest BCUT2D eigenvalue weighted by molar-refractivity contribution is 0.123. The number of nitrogens with one attached hydrogen (secondary N) is 1. The van der Waals surface area contributed by atoms with Crippen LogP contribution in [0.15, 0.2) is 0 Å². The van der Waals surface area contributed by atoms with Crippen molar-refractivity contribution in [1.82, 2.24) is 10.2 Å². The maximum absolute atomic E-state index is 11.4. The van der Waals surface area contributed by atoms with Crippen LogP contribution in [-0.4, -0.2) is 52.3 Å². The first kappa shape index (κ1) is 15.1. The third-order valence-corrected chi connectivity index (χ3v) is 5.34. The highest BCUT2D eigenvalue weighted by atomic mass is 32.2. The van der Waals surface area contributed by atoms with Crippen molar-refractivity contribution in [3.8, 4) is 0 Å². The Morgan fingerprint density at radius 3 is 2.65 bits per heavy atom. The van der Waals surface area contributed by atoms with Gasteiger partial charge in [-0.1, -0.05) is 20.8 Å². The van der Waals surface area contributed by atoms with Gasteiger partial charge in [0, 0.05) is 47.5 Å². The van der Waals surface area contributed by atoms with Crippen molar-refractivity contribution in [1.29, 1.82) is 0 Å². The highest BCUT2D eigenvalue weighted by molar-refractivity contribution is 7.84. The third kappa shape index (κ3) is 4.68. The fourth-order valence-corrected chi connectivity index (χ4v) is 2.83. The summed E-state index contributed by atoms with van der Waals surface area (Å²) in [6, 6.07) is 1.30. The smallest absolute Gasteiger partial charge is 0.0329 e. The first-order valence-corrected chi connectivity index (χ1v) is 8.50. The van der Waals surface area contributed by atoms with E-state index >= 15 is 0 Å². The van der Waals surface area contributed by atoms with Crippen LogP contribution >= 0.6 is 0 Å². The normalized spacial score (nSPS) is 30.1. The van der Waals surface area contributed by atoms with E-state index in [1.807, 2.05) is 6.26 Å². The number of hydrogen-bond donors (Lipinski definition) is 1. The Balaban J connectivity index is 2.44. The largest absolute Gasteiger partial charge is 0.311 e. The van der Waals surface area contributed by atoms with Crippen LogP contribution in [0.25, 0.3) is 0 Å². The van der Waals surface area contributed by atoms with Gasteiger partial charge in [-0.2, -0.15) is 0 Å². The molecule has 17 heavy (non-hydrogen) atoms. The van der Waals surface area contributed by atoms with E-state index in [4.69, 9.17) is 0 Å². The SMILES string of the molecule is CCC1CN(CCC(C)S(C)=O)C(CC)CN1. The molecule has 1 fully saturated rings. The minimum Gasteiger partial charge on any atom is -0.311 e. The summed E-state index contributed by atoms with van der Waals surface area (Å²) < 4.78 is 11.4. The Bertz CT molecular complexity index is 248. The van der Waals surface area contributed by atoms with E-state index in [-0.39, 0.29) is 0 Å². The summed E-state index contributed by atoms with van der Waals surface area (Å²) in [5.74, 6) is 0. The Hall–Kier alpha value is 0.0700. The summed E-state index contributed by atoms with van der Waals surface area (Å²) in [5.41, 5.74) is 0. The molecule has 0 amide bonds.